The summed E-state index contributed by atoms with van der Waals surface area (Å²) in [6, 6.07) is 18.0. The van der Waals surface area contributed by atoms with Gasteiger partial charge in [0.25, 0.3) is 0 Å². The highest BCUT2D eigenvalue weighted by atomic mass is 16.2. The van der Waals surface area contributed by atoms with Gasteiger partial charge in [0, 0.05) is 25.2 Å². The van der Waals surface area contributed by atoms with E-state index in [4.69, 9.17) is 0 Å². The van der Waals surface area contributed by atoms with Crippen LogP contribution in [-0.4, -0.2) is 18.4 Å². The second-order valence-corrected chi connectivity index (χ2v) is 7.30. The van der Waals surface area contributed by atoms with Gasteiger partial charge < -0.3 is 10.2 Å². The first-order valence-electron chi connectivity index (χ1n) is 9.42. The molecule has 0 unspecified atom stereocenters. The minimum Gasteiger partial charge on any atom is -0.351 e. The number of hydrogen-bond acceptors (Lipinski definition) is 2. The van der Waals surface area contributed by atoms with E-state index >= 15 is 0 Å². The van der Waals surface area contributed by atoms with E-state index in [1.165, 1.54) is 0 Å². The van der Waals surface area contributed by atoms with Crippen LogP contribution in [0.4, 0.5) is 5.69 Å². The van der Waals surface area contributed by atoms with Gasteiger partial charge in [0.05, 0.1) is 5.41 Å². The molecule has 0 aromatic heterocycles. The second kappa shape index (κ2) is 6.94. The smallest absolute Gasteiger partial charge is 0.230 e. The number of benzene rings is 2. The van der Waals surface area contributed by atoms with Crippen LogP contribution in [0.1, 0.15) is 43.2 Å². The Bertz CT molecular complexity index is 795. The molecule has 26 heavy (non-hydrogen) atoms. The van der Waals surface area contributed by atoms with Crippen molar-refractivity contribution in [2.75, 3.05) is 11.4 Å². The fourth-order valence-electron chi connectivity index (χ4n) is 4.00. The first-order valence-corrected chi connectivity index (χ1v) is 9.42. The van der Waals surface area contributed by atoms with Crippen LogP contribution >= 0.6 is 0 Å². The maximum absolute atomic E-state index is 12.9. The molecule has 1 N–H and O–H groups in total. The average molecular weight is 348 g/mol. The lowest BCUT2D eigenvalue weighted by Gasteiger charge is -2.40. The highest BCUT2D eigenvalue weighted by Crippen LogP contribution is 2.43. The van der Waals surface area contributed by atoms with E-state index in [0.717, 1.165) is 49.0 Å². The Morgan fingerprint density at radius 1 is 1.00 bits per heavy atom. The van der Waals surface area contributed by atoms with Gasteiger partial charge in [0.15, 0.2) is 0 Å². The molecule has 2 aliphatic rings. The molecule has 1 heterocycles. The molecule has 1 saturated heterocycles. The van der Waals surface area contributed by atoms with Crippen LogP contribution in [0.5, 0.6) is 0 Å². The molecule has 134 valence electrons. The Hall–Kier alpha value is -2.62. The molecule has 0 atom stereocenters. The molecule has 4 nitrogen and oxygen atoms in total. The van der Waals surface area contributed by atoms with Crippen molar-refractivity contribution >= 4 is 17.5 Å². The van der Waals surface area contributed by atoms with Crippen molar-refractivity contribution in [1.82, 2.24) is 5.32 Å². The lowest BCUT2D eigenvalue weighted by molar-refractivity contribution is -0.130. The number of amides is 2. The predicted octanol–water partition coefficient (Wildman–Crippen LogP) is 3.55. The normalized spacial score (nSPS) is 18.5. The zero-order chi connectivity index (χ0) is 18.0. The molecule has 1 aliphatic carbocycles. The third-order valence-corrected chi connectivity index (χ3v) is 5.74. The summed E-state index contributed by atoms with van der Waals surface area (Å²) >= 11 is 0. The quantitative estimate of drug-likeness (QED) is 0.898. The van der Waals surface area contributed by atoms with Gasteiger partial charge in [-0.3, -0.25) is 9.59 Å². The van der Waals surface area contributed by atoms with Gasteiger partial charge in [-0.1, -0.05) is 48.9 Å². The van der Waals surface area contributed by atoms with E-state index in [-0.39, 0.29) is 17.2 Å². The number of rotatable bonds is 5. The lowest BCUT2D eigenvalue weighted by Crippen LogP contribution is -2.48. The molecule has 2 amide bonds. The largest absolute Gasteiger partial charge is 0.351 e. The van der Waals surface area contributed by atoms with Crippen molar-refractivity contribution in [2.24, 2.45) is 0 Å². The number of nitrogens with zero attached hydrogens (tertiary/aromatic N) is 1. The Labute approximate surface area is 154 Å². The number of anilines is 1. The van der Waals surface area contributed by atoms with Gasteiger partial charge in [-0.25, -0.2) is 0 Å². The van der Waals surface area contributed by atoms with Crippen LogP contribution in [-0.2, 0) is 21.5 Å². The predicted molar refractivity (Wildman–Crippen MR) is 102 cm³/mol. The van der Waals surface area contributed by atoms with Crippen LogP contribution in [0.25, 0.3) is 0 Å². The Balaban J connectivity index is 1.41. The van der Waals surface area contributed by atoms with Crippen molar-refractivity contribution in [3.05, 3.63) is 65.7 Å². The number of nitrogens with one attached hydrogen (secondary N) is 1. The number of carbonyl (C=O) groups excluding carboxylic acids is 2. The molecule has 1 aliphatic heterocycles. The molecule has 1 saturated carbocycles. The van der Waals surface area contributed by atoms with E-state index in [0.29, 0.717) is 13.0 Å². The third-order valence-electron chi connectivity index (χ3n) is 5.74. The molecule has 4 heteroatoms. The van der Waals surface area contributed by atoms with Crippen LogP contribution in [0.15, 0.2) is 54.6 Å². The summed E-state index contributed by atoms with van der Waals surface area (Å²) in [6.45, 7) is 1.32. The molecule has 2 aromatic carbocycles. The summed E-state index contributed by atoms with van der Waals surface area (Å²) in [6.07, 6.45) is 4.50. The summed E-state index contributed by atoms with van der Waals surface area (Å²) in [5, 5.41) is 3.12. The Morgan fingerprint density at radius 3 is 2.31 bits per heavy atom. The van der Waals surface area contributed by atoms with Crippen molar-refractivity contribution in [3.8, 4) is 0 Å². The van der Waals surface area contributed by atoms with E-state index < -0.39 is 0 Å². The van der Waals surface area contributed by atoms with E-state index in [2.05, 4.69) is 17.4 Å². The zero-order valence-corrected chi connectivity index (χ0v) is 14.9. The first kappa shape index (κ1) is 16.8. The van der Waals surface area contributed by atoms with Crippen molar-refractivity contribution in [3.63, 3.8) is 0 Å². The molecule has 0 radical (unpaired) electrons. The van der Waals surface area contributed by atoms with Gasteiger partial charge in [0.1, 0.15) is 0 Å². The SMILES string of the molecule is O=C1CCCN1c1ccc(CNC(=O)C2(c3ccccc3)CCC2)cc1. The van der Waals surface area contributed by atoms with Crippen LogP contribution in [0.2, 0.25) is 0 Å². The summed E-state index contributed by atoms with van der Waals surface area (Å²) in [7, 11) is 0. The highest BCUT2D eigenvalue weighted by molar-refractivity contribution is 5.95. The molecular weight excluding hydrogens is 324 g/mol. The maximum atomic E-state index is 12.9. The first-order chi connectivity index (χ1) is 12.7. The van der Waals surface area contributed by atoms with E-state index in [1.54, 1.807) is 0 Å². The monoisotopic (exact) mass is 348 g/mol. The molecule has 0 spiro atoms. The van der Waals surface area contributed by atoms with Crippen molar-refractivity contribution in [2.45, 2.75) is 44.1 Å². The molecule has 2 aromatic rings. The molecular formula is C22H24N2O2. The minimum atomic E-state index is -0.358. The zero-order valence-electron chi connectivity index (χ0n) is 14.9. The van der Waals surface area contributed by atoms with Gasteiger partial charge in [0.2, 0.25) is 11.8 Å². The molecule has 4 rings (SSSR count). The fraction of sp³-hybridized carbons (Fsp3) is 0.364. The minimum absolute atomic E-state index is 0.119. The summed E-state index contributed by atoms with van der Waals surface area (Å²) < 4.78 is 0. The highest BCUT2D eigenvalue weighted by Gasteiger charge is 2.45. The summed E-state index contributed by atoms with van der Waals surface area (Å²) in [5.74, 6) is 0.314. The average Bonchev–Trinajstić information content (AvgIpc) is 3.06. The Morgan fingerprint density at radius 2 is 1.73 bits per heavy atom. The van der Waals surface area contributed by atoms with Gasteiger partial charge >= 0.3 is 0 Å². The van der Waals surface area contributed by atoms with E-state index in [1.807, 2.05) is 47.4 Å². The van der Waals surface area contributed by atoms with Crippen LogP contribution < -0.4 is 10.2 Å². The maximum Gasteiger partial charge on any atom is 0.230 e. The molecule has 0 bridgehead atoms. The number of carbonyl (C=O) groups is 2. The third kappa shape index (κ3) is 3.00. The Kier molecular flexibility index (Phi) is 4.49. The van der Waals surface area contributed by atoms with Crippen LogP contribution in [0, 0.1) is 0 Å². The van der Waals surface area contributed by atoms with Crippen LogP contribution in [0.3, 0.4) is 0 Å². The molecule has 2 fully saturated rings. The van der Waals surface area contributed by atoms with E-state index in [9.17, 15) is 9.59 Å². The fourth-order valence-corrected chi connectivity index (χ4v) is 4.00. The standard InChI is InChI=1S/C22H24N2O2/c25-20-8-4-15-24(20)19-11-9-17(10-12-19)16-23-21(26)22(13-5-14-22)18-6-2-1-3-7-18/h1-3,6-7,9-12H,4-5,8,13-16H2,(H,23,26). The van der Waals surface area contributed by atoms with Crippen molar-refractivity contribution in [1.29, 1.82) is 0 Å². The van der Waals surface area contributed by atoms with Gasteiger partial charge in [-0.2, -0.15) is 0 Å². The lowest BCUT2D eigenvalue weighted by atomic mass is 9.64. The van der Waals surface area contributed by atoms with Crippen molar-refractivity contribution < 1.29 is 9.59 Å². The van der Waals surface area contributed by atoms with Gasteiger partial charge in [-0.15, -0.1) is 0 Å². The number of hydrogen-bond donors (Lipinski definition) is 1. The topological polar surface area (TPSA) is 49.4 Å². The van der Waals surface area contributed by atoms with Gasteiger partial charge in [-0.05, 0) is 42.5 Å². The summed E-state index contributed by atoms with van der Waals surface area (Å²) in [4.78, 5) is 26.5. The summed E-state index contributed by atoms with van der Waals surface area (Å²) in [5.41, 5.74) is 2.76. The second-order valence-electron chi connectivity index (χ2n) is 7.30.